The Labute approximate surface area is 126 Å². The largest absolute Gasteiger partial charge is 0.478 e. The van der Waals surface area contributed by atoms with Crippen molar-refractivity contribution in [1.29, 1.82) is 0 Å². The predicted octanol–water partition coefficient (Wildman–Crippen LogP) is 2.38. The number of esters is 1. The zero-order valence-electron chi connectivity index (χ0n) is 11.8. The fourth-order valence-corrected chi connectivity index (χ4v) is 2.99. The van der Waals surface area contributed by atoms with Gasteiger partial charge in [-0.15, -0.1) is 0 Å². The first-order chi connectivity index (χ1) is 10.0. The van der Waals surface area contributed by atoms with Crippen LogP contribution in [0.4, 0.5) is 5.13 Å². The topological polar surface area (TPSA) is 79.7 Å². The number of carboxylic acid groups (broad SMARTS) is 1. The van der Waals surface area contributed by atoms with Gasteiger partial charge < -0.3 is 14.7 Å². The highest BCUT2D eigenvalue weighted by Crippen LogP contribution is 2.29. The molecule has 1 aromatic heterocycles. The van der Waals surface area contributed by atoms with Gasteiger partial charge in [-0.25, -0.2) is 9.78 Å². The maximum absolute atomic E-state index is 11.2. The summed E-state index contributed by atoms with van der Waals surface area (Å²) in [5.41, 5.74) is 1.01. The third-order valence-electron chi connectivity index (χ3n) is 3.09. The number of carboxylic acids is 1. The number of fused-ring (bicyclic) bond motifs is 1. The molecule has 2 rings (SSSR count). The molecule has 1 N–H and O–H groups in total. The van der Waals surface area contributed by atoms with E-state index >= 15 is 0 Å². The van der Waals surface area contributed by atoms with Crippen LogP contribution in [0.15, 0.2) is 18.2 Å². The Morgan fingerprint density at radius 2 is 2.19 bits per heavy atom. The Bertz CT molecular complexity index is 668. The third kappa shape index (κ3) is 3.49. The van der Waals surface area contributed by atoms with Gasteiger partial charge in [-0.2, -0.15) is 0 Å². The molecule has 7 heteroatoms. The molecule has 0 atom stereocenters. The molecule has 0 aliphatic heterocycles. The Kier molecular flexibility index (Phi) is 4.74. The average molecular weight is 308 g/mol. The van der Waals surface area contributed by atoms with Gasteiger partial charge in [0.15, 0.2) is 5.13 Å². The van der Waals surface area contributed by atoms with Crippen molar-refractivity contribution in [1.82, 2.24) is 4.98 Å². The molecule has 21 heavy (non-hydrogen) atoms. The number of ether oxygens (including phenoxy) is 1. The molecule has 1 aromatic carbocycles. The van der Waals surface area contributed by atoms with Crippen molar-refractivity contribution in [3.8, 4) is 0 Å². The van der Waals surface area contributed by atoms with Crippen LogP contribution in [0.5, 0.6) is 0 Å². The molecule has 112 valence electrons. The van der Waals surface area contributed by atoms with E-state index in [1.54, 1.807) is 18.2 Å². The van der Waals surface area contributed by atoms with Gasteiger partial charge >= 0.3 is 11.9 Å². The minimum atomic E-state index is -0.954. The fraction of sp³-hybridized carbons (Fsp3) is 0.357. The number of benzene rings is 1. The highest BCUT2D eigenvalue weighted by atomic mass is 32.1. The second-order valence-corrected chi connectivity index (χ2v) is 5.40. The van der Waals surface area contributed by atoms with Crippen LogP contribution in [0, 0.1) is 0 Å². The summed E-state index contributed by atoms with van der Waals surface area (Å²) in [5, 5.41) is 9.78. The number of aromatic carboxylic acids is 1. The third-order valence-corrected chi connectivity index (χ3v) is 4.17. The molecule has 1 heterocycles. The zero-order chi connectivity index (χ0) is 15.4. The SMILES string of the molecule is CCN(CCC(=O)OC)c1nc2ccc(C(=O)O)cc2s1. The molecule has 0 unspecified atom stereocenters. The molecular formula is C14H16N2O4S. The molecule has 0 radical (unpaired) electrons. The number of hydrogen-bond acceptors (Lipinski definition) is 6. The first-order valence-corrected chi connectivity index (χ1v) is 7.32. The molecule has 6 nitrogen and oxygen atoms in total. The van der Waals surface area contributed by atoms with E-state index in [2.05, 4.69) is 9.72 Å². The molecule has 0 bridgehead atoms. The Hall–Kier alpha value is -2.15. The summed E-state index contributed by atoms with van der Waals surface area (Å²) in [5.74, 6) is -1.22. The number of rotatable bonds is 6. The van der Waals surface area contributed by atoms with Gasteiger partial charge in [-0.3, -0.25) is 4.79 Å². The van der Waals surface area contributed by atoms with Gasteiger partial charge in [0.05, 0.1) is 29.3 Å². The molecular weight excluding hydrogens is 292 g/mol. The maximum atomic E-state index is 11.2. The number of anilines is 1. The molecule has 0 aliphatic rings. The van der Waals surface area contributed by atoms with Crippen LogP contribution in [-0.2, 0) is 9.53 Å². The molecule has 0 fully saturated rings. The maximum Gasteiger partial charge on any atom is 0.335 e. The van der Waals surface area contributed by atoms with Crippen LogP contribution in [0.3, 0.4) is 0 Å². The number of carbonyl (C=O) groups excluding carboxylic acids is 1. The van der Waals surface area contributed by atoms with Crippen molar-refractivity contribution in [3.63, 3.8) is 0 Å². The first-order valence-electron chi connectivity index (χ1n) is 6.50. The van der Waals surface area contributed by atoms with Crippen LogP contribution in [0.2, 0.25) is 0 Å². The zero-order valence-corrected chi connectivity index (χ0v) is 12.6. The van der Waals surface area contributed by atoms with Crippen LogP contribution in [-0.4, -0.2) is 42.2 Å². The van der Waals surface area contributed by atoms with Crippen molar-refractivity contribution in [3.05, 3.63) is 23.8 Å². The summed E-state index contributed by atoms with van der Waals surface area (Å²) < 4.78 is 5.45. The lowest BCUT2D eigenvalue weighted by atomic mass is 10.2. The van der Waals surface area contributed by atoms with E-state index in [4.69, 9.17) is 5.11 Å². The van der Waals surface area contributed by atoms with Gasteiger partial charge in [-0.1, -0.05) is 11.3 Å². The van der Waals surface area contributed by atoms with Gasteiger partial charge in [0, 0.05) is 13.1 Å². The summed E-state index contributed by atoms with van der Waals surface area (Å²) >= 11 is 1.42. The van der Waals surface area contributed by atoms with Crippen molar-refractivity contribution < 1.29 is 19.4 Å². The number of aromatic nitrogens is 1. The first kappa shape index (κ1) is 15.2. The number of hydrogen-bond donors (Lipinski definition) is 1. The average Bonchev–Trinajstić information content (AvgIpc) is 2.90. The van der Waals surface area contributed by atoms with Crippen LogP contribution < -0.4 is 4.90 Å². The van der Waals surface area contributed by atoms with Crippen LogP contribution in [0.1, 0.15) is 23.7 Å². The lowest BCUT2D eigenvalue weighted by Crippen LogP contribution is -2.25. The van der Waals surface area contributed by atoms with Crippen LogP contribution >= 0.6 is 11.3 Å². The molecule has 2 aromatic rings. The number of nitrogens with zero attached hydrogens (tertiary/aromatic N) is 2. The highest BCUT2D eigenvalue weighted by molar-refractivity contribution is 7.22. The van der Waals surface area contributed by atoms with E-state index in [1.807, 2.05) is 11.8 Å². The van der Waals surface area contributed by atoms with Gasteiger partial charge in [0.25, 0.3) is 0 Å². The van der Waals surface area contributed by atoms with E-state index < -0.39 is 5.97 Å². The van der Waals surface area contributed by atoms with Gasteiger partial charge in [0.1, 0.15) is 0 Å². The predicted molar refractivity (Wildman–Crippen MR) is 81.1 cm³/mol. The second-order valence-electron chi connectivity index (χ2n) is 4.39. The van der Waals surface area contributed by atoms with E-state index in [-0.39, 0.29) is 11.5 Å². The molecule has 0 spiro atoms. The summed E-state index contributed by atoms with van der Waals surface area (Å²) in [6.07, 6.45) is 0.292. The van der Waals surface area contributed by atoms with Crippen molar-refractivity contribution in [2.45, 2.75) is 13.3 Å². The Morgan fingerprint density at radius 1 is 1.43 bits per heavy atom. The standard InChI is InChI=1S/C14H16N2O4S/c1-3-16(7-6-12(17)20-2)14-15-10-5-4-9(13(18)19)8-11(10)21-14/h4-5,8H,3,6-7H2,1-2H3,(H,18,19). The van der Waals surface area contributed by atoms with Crippen molar-refractivity contribution >= 4 is 38.6 Å². The summed E-state index contributed by atoms with van der Waals surface area (Å²) in [7, 11) is 1.36. The summed E-state index contributed by atoms with van der Waals surface area (Å²) in [6.45, 7) is 3.21. The number of thiazole rings is 1. The Balaban J connectivity index is 2.23. The normalized spacial score (nSPS) is 10.6. The lowest BCUT2D eigenvalue weighted by molar-refractivity contribution is -0.140. The lowest BCUT2D eigenvalue weighted by Gasteiger charge is -2.18. The van der Waals surface area contributed by atoms with E-state index in [0.717, 1.165) is 15.3 Å². The van der Waals surface area contributed by atoms with E-state index in [1.165, 1.54) is 18.4 Å². The van der Waals surface area contributed by atoms with Gasteiger partial charge in [0.2, 0.25) is 0 Å². The second kappa shape index (κ2) is 6.53. The molecule has 0 aliphatic carbocycles. The summed E-state index contributed by atoms with van der Waals surface area (Å²) in [6, 6.07) is 4.86. The molecule has 0 amide bonds. The quantitative estimate of drug-likeness (QED) is 0.825. The van der Waals surface area contributed by atoms with E-state index in [0.29, 0.717) is 19.5 Å². The minimum Gasteiger partial charge on any atom is -0.478 e. The van der Waals surface area contributed by atoms with Crippen molar-refractivity contribution in [2.24, 2.45) is 0 Å². The summed E-state index contributed by atoms with van der Waals surface area (Å²) in [4.78, 5) is 28.7. The van der Waals surface area contributed by atoms with E-state index in [9.17, 15) is 9.59 Å². The highest BCUT2D eigenvalue weighted by Gasteiger charge is 2.14. The smallest absolute Gasteiger partial charge is 0.335 e. The molecule has 0 saturated heterocycles. The van der Waals surface area contributed by atoms with Crippen molar-refractivity contribution in [2.75, 3.05) is 25.1 Å². The number of carbonyl (C=O) groups is 2. The fourth-order valence-electron chi connectivity index (χ4n) is 1.90. The van der Waals surface area contributed by atoms with Crippen LogP contribution in [0.25, 0.3) is 10.2 Å². The molecule has 0 saturated carbocycles. The monoisotopic (exact) mass is 308 g/mol. The number of methoxy groups -OCH3 is 1. The van der Waals surface area contributed by atoms with Gasteiger partial charge in [-0.05, 0) is 25.1 Å². The Morgan fingerprint density at radius 3 is 2.81 bits per heavy atom. The minimum absolute atomic E-state index is 0.246.